The SMILES string of the molecule is CCNC(C)c1ccnc(Oc2cc(F)ccc2F)c1. The summed E-state index contributed by atoms with van der Waals surface area (Å²) in [6, 6.07) is 6.74. The van der Waals surface area contributed by atoms with E-state index in [0.29, 0.717) is 0 Å². The molecule has 1 aromatic heterocycles. The topological polar surface area (TPSA) is 34.2 Å². The Balaban J connectivity index is 2.21. The zero-order valence-corrected chi connectivity index (χ0v) is 11.4. The Kier molecular flexibility index (Phi) is 4.63. The number of benzene rings is 1. The maximum absolute atomic E-state index is 13.5. The maximum Gasteiger partial charge on any atom is 0.219 e. The van der Waals surface area contributed by atoms with Crippen LogP contribution in [0.5, 0.6) is 11.6 Å². The van der Waals surface area contributed by atoms with Crippen molar-refractivity contribution in [3.63, 3.8) is 0 Å². The number of rotatable bonds is 5. The van der Waals surface area contributed by atoms with Crippen molar-refractivity contribution in [2.75, 3.05) is 6.54 Å². The molecule has 0 bridgehead atoms. The van der Waals surface area contributed by atoms with Gasteiger partial charge in [0.05, 0.1) is 0 Å². The van der Waals surface area contributed by atoms with Crippen LogP contribution >= 0.6 is 0 Å². The standard InChI is InChI=1S/C15H16F2N2O/c1-3-18-10(2)11-6-7-19-15(8-11)20-14-9-12(16)4-5-13(14)17/h4-10,18H,3H2,1-2H3. The summed E-state index contributed by atoms with van der Waals surface area (Å²) in [6.07, 6.45) is 1.58. The van der Waals surface area contributed by atoms with Gasteiger partial charge in [0.15, 0.2) is 11.6 Å². The molecule has 1 heterocycles. The minimum atomic E-state index is -0.627. The van der Waals surface area contributed by atoms with Crippen molar-refractivity contribution >= 4 is 0 Å². The minimum absolute atomic E-state index is 0.128. The van der Waals surface area contributed by atoms with Crippen LogP contribution in [0.1, 0.15) is 25.5 Å². The highest BCUT2D eigenvalue weighted by Crippen LogP contribution is 2.25. The first-order valence-electron chi connectivity index (χ1n) is 6.42. The number of nitrogens with zero attached hydrogens (tertiary/aromatic N) is 1. The lowest BCUT2D eigenvalue weighted by Gasteiger charge is -2.13. The lowest BCUT2D eigenvalue weighted by atomic mass is 10.1. The van der Waals surface area contributed by atoms with Crippen LogP contribution in [0.3, 0.4) is 0 Å². The molecule has 1 N–H and O–H groups in total. The summed E-state index contributed by atoms with van der Waals surface area (Å²) in [4.78, 5) is 4.01. The maximum atomic E-state index is 13.5. The van der Waals surface area contributed by atoms with Gasteiger partial charge in [-0.3, -0.25) is 0 Å². The summed E-state index contributed by atoms with van der Waals surface area (Å²) in [5, 5.41) is 3.26. The molecular weight excluding hydrogens is 262 g/mol. The summed E-state index contributed by atoms with van der Waals surface area (Å²) in [6.45, 7) is 4.85. The highest BCUT2D eigenvalue weighted by atomic mass is 19.1. The summed E-state index contributed by atoms with van der Waals surface area (Å²) >= 11 is 0. The second-order valence-corrected chi connectivity index (χ2v) is 4.38. The van der Waals surface area contributed by atoms with E-state index in [0.717, 1.165) is 30.3 Å². The molecule has 0 saturated heterocycles. The quantitative estimate of drug-likeness (QED) is 0.902. The van der Waals surface area contributed by atoms with Gasteiger partial charge < -0.3 is 10.1 Å². The summed E-state index contributed by atoms with van der Waals surface area (Å²) in [5.41, 5.74) is 0.966. The molecule has 2 rings (SSSR count). The Bertz CT molecular complexity index is 590. The third kappa shape index (κ3) is 3.51. The van der Waals surface area contributed by atoms with Gasteiger partial charge in [0.2, 0.25) is 5.88 Å². The molecular formula is C15H16F2N2O. The number of pyridine rings is 1. The molecule has 1 unspecified atom stereocenters. The largest absolute Gasteiger partial charge is 0.436 e. The van der Waals surface area contributed by atoms with E-state index in [4.69, 9.17) is 4.74 Å². The molecule has 0 aliphatic carbocycles. The third-order valence-corrected chi connectivity index (χ3v) is 2.88. The number of halogens is 2. The van der Waals surface area contributed by atoms with E-state index < -0.39 is 11.6 Å². The Morgan fingerprint density at radius 2 is 2.05 bits per heavy atom. The number of nitrogens with one attached hydrogen (secondary N) is 1. The molecule has 0 aliphatic rings. The molecule has 2 aromatic rings. The number of hydrogen-bond donors (Lipinski definition) is 1. The van der Waals surface area contributed by atoms with Gasteiger partial charge in [0.1, 0.15) is 5.82 Å². The Labute approximate surface area is 116 Å². The van der Waals surface area contributed by atoms with Crippen molar-refractivity contribution in [3.05, 3.63) is 53.7 Å². The highest BCUT2D eigenvalue weighted by Gasteiger charge is 2.09. The molecule has 106 valence electrons. The van der Waals surface area contributed by atoms with E-state index in [1.807, 2.05) is 19.9 Å². The van der Waals surface area contributed by atoms with Crippen LogP contribution in [-0.2, 0) is 0 Å². The third-order valence-electron chi connectivity index (χ3n) is 2.88. The van der Waals surface area contributed by atoms with Crippen molar-refractivity contribution in [1.82, 2.24) is 10.3 Å². The van der Waals surface area contributed by atoms with Gasteiger partial charge in [-0.2, -0.15) is 0 Å². The summed E-state index contributed by atoms with van der Waals surface area (Å²) in [7, 11) is 0. The average Bonchev–Trinajstić information content (AvgIpc) is 2.43. The van der Waals surface area contributed by atoms with Crippen molar-refractivity contribution in [1.29, 1.82) is 0 Å². The zero-order chi connectivity index (χ0) is 14.5. The fraction of sp³-hybridized carbons (Fsp3) is 0.267. The fourth-order valence-corrected chi connectivity index (χ4v) is 1.84. The van der Waals surface area contributed by atoms with Crippen LogP contribution in [-0.4, -0.2) is 11.5 Å². The lowest BCUT2D eigenvalue weighted by Crippen LogP contribution is -2.17. The van der Waals surface area contributed by atoms with Gasteiger partial charge in [-0.25, -0.2) is 13.8 Å². The second kappa shape index (κ2) is 6.43. The van der Waals surface area contributed by atoms with Crippen LogP contribution in [0.2, 0.25) is 0 Å². The smallest absolute Gasteiger partial charge is 0.219 e. The van der Waals surface area contributed by atoms with E-state index in [9.17, 15) is 8.78 Å². The second-order valence-electron chi connectivity index (χ2n) is 4.38. The van der Waals surface area contributed by atoms with Crippen molar-refractivity contribution in [2.24, 2.45) is 0 Å². The Morgan fingerprint density at radius 1 is 1.25 bits per heavy atom. The van der Waals surface area contributed by atoms with Gasteiger partial charge in [-0.15, -0.1) is 0 Å². The minimum Gasteiger partial charge on any atom is -0.436 e. The van der Waals surface area contributed by atoms with Crippen LogP contribution in [0.15, 0.2) is 36.5 Å². The predicted molar refractivity (Wildman–Crippen MR) is 72.8 cm³/mol. The Hall–Kier alpha value is -2.01. The van der Waals surface area contributed by atoms with E-state index in [-0.39, 0.29) is 17.7 Å². The number of aromatic nitrogens is 1. The van der Waals surface area contributed by atoms with E-state index in [1.54, 1.807) is 12.3 Å². The monoisotopic (exact) mass is 278 g/mol. The van der Waals surface area contributed by atoms with E-state index in [1.165, 1.54) is 0 Å². The molecule has 1 atom stereocenters. The van der Waals surface area contributed by atoms with Crippen LogP contribution < -0.4 is 10.1 Å². The van der Waals surface area contributed by atoms with Crippen molar-refractivity contribution in [3.8, 4) is 11.6 Å². The van der Waals surface area contributed by atoms with Crippen LogP contribution in [0, 0.1) is 11.6 Å². The highest BCUT2D eigenvalue weighted by molar-refractivity contribution is 5.31. The predicted octanol–water partition coefficient (Wildman–Crippen LogP) is 3.82. The summed E-state index contributed by atoms with van der Waals surface area (Å²) in [5.74, 6) is -1.13. The van der Waals surface area contributed by atoms with Crippen LogP contribution in [0.4, 0.5) is 8.78 Å². The molecule has 20 heavy (non-hydrogen) atoms. The summed E-state index contributed by atoms with van der Waals surface area (Å²) < 4.78 is 31.9. The van der Waals surface area contributed by atoms with Gasteiger partial charge in [0, 0.05) is 24.4 Å². The van der Waals surface area contributed by atoms with Gasteiger partial charge >= 0.3 is 0 Å². The molecule has 0 radical (unpaired) electrons. The average molecular weight is 278 g/mol. The first-order valence-corrected chi connectivity index (χ1v) is 6.42. The molecule has 0 aliphatic heterocycles. The first kappa shape index (κ1) is 14.4. The van der Waals surface area contributed by atoms with Gasteiger partial charge in [0.25, 0.3) is 0 Å². The molecule has 3 nitrogen and oxygen atoms in total. The Morgan fingerprint density at radius 3 is 2.80 bits per heavy atom. The first-order chi connectivity index (χ1) is 9.60. The van der Waals surface area contributed by atoms with Crippen molar-refractivity contribution < 1.29 is 13.5 Å². The molecule has 1 aromatic carbocycles. The van der Waals surface area contributed by atoms with E-state index >= 15 is 0 Å². The van der Waals surface area contributed by atoms with Gasteiger partial charge in [-0.1, -0.05) is 6.92 Å². The number of hydrogen-bond acceptors (Lipinski definition) is 3. The normalized spacial score (nSPS) is 12.2. The molecule has 0 amide bonds. The van der Waals surface area contributed by atoms with Gasteiger partial charge in [-0.05, 0) is 37.2 Å². The fourth-order valence-electron chi connectivity index (χ4n) is 1.84. The lowest BCUT2D eigenvalue weighted by molar-refractivity contribution is 0.421. The molecule has 5 heteroatoms. The zero-order valence-electron chi connectivity index (χ0n) is 11.4. The van der Waals surface area contributed by atoms with E-state index in [2.05, 4.69) is 10.3 Å². The van der Waals surface area contributed by atoms with Crippen LogP contribution in [0.25, 0.3) is 0 Å². The number of ether oxygens (including phenoxy) is 1. The molecule has 0 spiro atoms. The molecule has 0 saturated carbocycles. The van der Waals surface area contributed by atoms with Crippen molar-refractivity contribution in [2.45, 2.75) is 19.9 Å². The molecule has 0 fully saturated rings.